The molecule has 0 aromatic heterocycles. The highest BCUT2D eigenvalue weighted by Gasteiger charge is 2.55. The lowest BCUT2D eigenvalue weighted by atomic mass is 9.68. The van der Waals surface area contributed by atoms with E-state index in [4.69, 9.17) is 28.4 Å². The van der Waals surface area contributed by atoms with Crippen LogP contribution in [0.15, 0.2) is 18.2 Å². The van der Waals surface area contributed by atoms with Gasteiger partial charge in [0.2, 0.25) is 29.4 Å². The topological polar surface area (TPSA) is 287 Å². The molecule has 7 N–H and O–H groups in total. The molecule has 0 bridgehead atoms. The summed E-state index contributed by atoms with van der Waals surface area (Å²) in [5.74, 6) is -6.50. The first-order valence-electron chi connectivity index (χ1n) is 23.5. The number of nitrogens with zero attached hydrogens (tertiary/aromatic N) is 1. The number of benzene rings is 2. The Morgan fingerprint density at radius 3 is 2.32 bits per heavy atom. The van der Waals surface area contributed by atoms with Crippen LogP contribution in [-0.4, -0.2) is 152 Å². The number of carboxylic acids is 1. The van der Waals surface area contributed by atoms with E-state index in [1.807, 2.05) is 20.8 Å². The number of phenols is 2. The van der Waals surface area contributed by atoms with Gasteiger partial charge in [-0.15, -0.1) is 0 Å². The van der Waals surface area contributed by atoms with Crippen LogP contribution in [0, 0.1) is 17.3 Å². The largest absolute Gasteiger partial charge is 0.507 e. The molecule has 3 saturated heterocycles. The maximum absolute atomic E-state index is 14.2. The minimum Gasteiger partial charge on any atom is -0.507 e. The molecule has 3 aliphatic heterocycles. The van der Waals surface area contributed by atoms with Gasteiger partial charge in [-0.05, 0) is 31.7 Å². The normalized spacial score (nSPS) is 26.4. The van der Waals surface area contributed by atoms with E-state index in [0.717, 1.165) is 0 Å². The van der Waals surface area contributed by atoms with Gasteiger partial charge in [0.05, 0.1) is 66.9 Å². The van der Waals surface area contributed by atoms with Crippen LogP contribution in [-0.2, 0) is 54.1 Å². The molecule has 4 amide bonds. The second kappa shape index (κ2) is 21.5. The van der Waals surface area contributed by atoms with Crippen molar-refractivity contribution < 1.29 is 77.3 Å². The number of amides is 4. The summed E-state index contributed by atoms with van der Waals surface area (Å²) >= 11 is 0. The summed E-state index contributed by atoms with van der Waals surface area (Å²) in [6.45, 7) is 7.76. The van der Waals surface area contributed by atoms with Crippen LogP contribution in [0.3, 0.4) is 0 Å². The fourth-order valence-corrected chi connectivity index (χ4v) is 10.6. The Balaban J connectivity index is 1.02. The van der Waals surface area contributed by atoms with Gasteiger partial charge in [-0.25, -0.2) is 0 Å². The Bertz CT molecular complexity index is 2340. The number of nitrogens with one attached hydrogen (secondary N) is 4. The smallest absolute Gasteiger partial charge is 0.304 e. The summed E-state index contributed by atoms with van der Waals surface area (Å²) in [7, 11) is 2.89. The molecule has 5 aliphatic rings. The van der Waals surface area contributed by atoms with Crippen LogP contribution in [0.2, 0.25) is 0 Å². The van der Waals surface area contributed by atoms with Crippen molar-refractivity contribution in [3.8, 4) is 17.2 Å². The van der Waals surface area contributed by atoms with Crippen molar-refractivity contribution >= 4 is 41.2 Å². The quantitative estimate of drug-likeness (QED) is 0.0666. The van der Waals surface area contributed by atoms with E-state index in [9.17, 15) is 48.9 Å². The Kier molecular flexibility index (Phi) is 15.9. The van der Waals surface area contributed by atoms with Crippen molar-refractivity contribution in [1.29, 1.82) is 0 Å². The second-order valence-electron chi connectivity index (χ2n) is 18.4. The molecule has 0 radical (unpaired) electrons. The van der Waals surface area contributed by atoms with Gasteiger partial charge in [-0.2, -0.15) is 0 Å². The van der Waals surface area contributed by atoms with Crippen LogP contribution in [0.4, 0.5) is 0 Å². The average Bonchev–Trinajstić information content (AvgIpc) is 3.71. The number of rotatable bonds is 19. The SMILES string of the molecule is CCC(CC)C(CC(=O)O)C(=O)NCC(=O)NCCC(=O)NCCNC(=O)[C@]1(C)Cc2c(O)c3c(c(O)c2[C@@H](O[C@H]2C[C@H]4[C@H](O[C@@H]5[C@@H](OC)OCCN54)[C@H](C)O2)C1)C(=O)c1c(OC)cccc1C3=O. The molecule has 21 heteroatoms. The third kappa shape index (κ3) is 10.3. The van der Waals surface area contributed by atoms with Crippen LogP contribution in [0.1, 0.15) is 115 Å². The van der Waals surface area contributed by atoms with Gasteiger partial charge in [0.1, 0.15) is 23.4 Å². The number of morpholine rings is 1. The van der Waals surface area contributed by atoms with Crippen molar-refractivity contribution in [1.82, 2.24) is 26.2 Å². The molecule has 376 valence electrons. The first-order valence-corrected chi connectivity index (χ1v) is 23.5. The third-order valence-corrected chi connectivity index (χ3v) is 14.1. The monoisotopic (exact) mass is 965 g/mol. The molecule has 2 aromatic carbocycles. The van der Waals surface area contributed by atoms with Gasteiger partial charge in [0, 0.05) is 68.9 Å². The number of ether oxygens (including phenoxy) is 6. The molecule has 69 heavy (non-hydrogen) atoms. The summed E-state index contributed by atoms with van der Waals surface area (Å²) in [4.78, 5) is 94.0. The van der Waals surface area contributed by atoms with Crippen molar-refractivity contribution in [3.63, 3.8) is 0 Å². The van der Waals surface area contributed by atoms with Crippen LogP contribution >= 0.6 is 0 Å². The third-order valence-electron chi connectivity index (χ3n) is 14.1. The van der Waals surface area contributed by atoms with Gasteiger partial charge in [0.15, 0.2) is 24.6 Å². The van der Waals surface area contributed by atoms with E-state index < -0.39 is 106 Å². The van der Waals surface area contributed by atoms with Crippen LogP contribution < -0.4 is 26.0 Å². The number of hydrogen-bond donors (Lipinski definition) is 7. The van der Waals surface area contributed by atoms with E-state index in [-0.39, 0.29) is 97.9 Å². The highest BCUT2D eigenvalue weighted by atomic mass is 16.7. The number of carboxylic acid groups (broad SMARTS) is 1. The number of methoxy groups -OCH3 is 2. The minimum absolute atomic E-state index is 0.00604. The number of carbonyl (C=O) groups excluding carboxylic acids is 6. The first-order chi connectivity index (χ1) is 33.0. The maximum Gasteiger partial charge on any atom is 0.304 e. The molecule has 3 fully saturated rings. The summed E-state index contributed by atoms with van der Waals surface area (Å²) in [6.07, 6.45) is -3.17. The maximum atomic E-state index is 14.2. The Labute approximate surface area is 399 Å². The van der Waals surface area contributed by atoms with Crippen molar-refractivity contribution in [2.45, 2.75) is 116 Å². The van der Waals surface area contributed by atoms with Crippen LogP contribution in [0.5, 0.6) is 17.2 Å². The predicted octanol–water partition coefficient (Wildman–Crippen LogP) is 1.81. The molecule has 9 atom stereocenters. The molecule has 0 spiro atoms. The lowest BCUT2D eigenvalue weighted by molar-refractivity contribution is -0.255. The number of carbonyl (C=O) groups is 7. The molecule has 1 unspecified atom stereocenters. The van der Waals surface area contributed by atoms with Crippen molar-refractivity contribution in [3.05, 3.63) is 51.6 Å². The standard InChI is InChI=1S/C48H63N5O16/c1-7-24(8-2)26(18-33(56)57)44(62)52-22-32(55)49-13-12-31(54)50-14-15-51-47(63)48(4)20-27-36(42(61)38-37(40(27)59)39(58)25-10-9-11-29(64-5)35(25)41(38)60)30(21-48)68-34-19-28-43(23(3)67-34)69-45-46(65-6)66-17-16-53(28)45/h9-11,23-24,26,28,30,34,43,45-46,59,61H,7-8,12-22H2,1-6H3,(H,49,55)(H,50,54)(H,51,63)(H,52,62)(H,56,57)/t23-,26?,28-,30-,34-,43+,45+,46-,48+/m0/s1. The van der Waals surface area contributed by atoms with E-state index >= 15 is 0 Å². The molecule has 0 saturated carbocycles. The number of phenolic OH excluding ortho intramolecular Hbond substituents is 2. The summed E-state index contributed by atoms with van der Waals surface area (Å²) in [5, 5.41) is 44.1. The molecular formula is C48H63N5O16. The van der Waals surface area contributed by atoms with Gasteiger partial charge in [-0.3, -0.25) is 38.5 Å². The molecule has 2 aliphatic carbocycles. The highest BCUT2D eigenvalue weighted by molar-refractivity contribution is 6.31. The highest BCUT2D eigenvalue weighted by Crippen LogP contribution is 2.54. The number of ketones is 2. The van der Waals surface area contributed by atoms with Gasteiger partial charge in [0.25, 0.3) is 0 Å². The first kappa shape index (κ1) is 51.1. The predicted molar refractivity (Wildman–Crippen MR) is 241 cm³/mol. The zero-order valence-electron chi connectivity index (χ0n) is 39.7. The Morgan fingerprint density at radius 1 is 0.913 bits per heavy atom. The fraction of sp³-hybridized carbons (Fsp3) is 0.604. The van der Waals surface area contributed by atoms with Gasteiger partial charge >= 0.3 is 5.97 Å². The van der Waals surface area contributed by atoms with E-state index in [1.165, 1.54) is 25.3 Å². The number of aliphatic carboxylic acids is 1. The van der Waals surface area contributed by atoms with Gasteiger partial charge < -0.3 is 65.0 Å². The minimum atomic E-state index is -1.34. The van der Waals surface area contributed by atoms with E-state index in [0.29, 0.717) is 32.4 Å². The zero-order valence-corrected chi connectivity index (χ0v) is 39.7. The number of fused-ring (bicyclic) bond motifs is 6. The van der Waals surface area contributed by atoms with E-state index in [2.05, 4.69) is 26.2 Å². The molecule has 21 nitrogen and oxygen atoms in total. The molecule has 2 aromatic rings. The average molecular weight is 966 g/mol. The molecule has 3 heterocycles. The lowest BCUT2D eigenvalue weighted by Gasteiger charge is -2.44. The van der Waals surface area contributed by atoms with Crippen molar-refractivity contribution in [2.75, 3.05) is 53.6 Å². The van der Waals surface area contributed by atoms with Gasteiger partial charge in [-0.1, -0.05) is 45.7 Å². The van der Waals surface area contributed by atoms with E-state index in [1.54, 1.807) is 14.0 Å². The fourth-order valence-electron chi connectivity index (χ4n) is 10.6. The lowest BCUT2D eigenvalue weighted by Crippen LogP contribution is -2.55. The molecule has 7 rings (SSSR count). The Hall–Kier alpha value is -5.71. The number of hydrogen-bond acceptors (Lipinski definition) is 16. The molecular weight excluding hydrogens is 903 g/mol. The number of aromatic hydroxyl groups is 2. The zero-order chi connectivity index (χ0) is 49.9. The second-order valence-corrected chi connectivity index (χ2v) is 18.4. The summed E-state index contributed by atoms with van der Waals surface area (Å²) < 4.78 is 36.2. The Morgan fingerprint density at radius 2 is 1.62 bits per heavy atom. The van der Waals surface area contributed by atoms with Crippen LogP contribution in [0.25, 0.3) is 0 Å². The summed E-state index contributed by atoms with van der Waals surface area (Å²) in [5.41, 5.74) is -2.12. The van der Waals surface area contributed by atoms with Crippen molar-refractivity contribution in [2.24, 2.45) is 17.3 Å². The summed E-state index contributed by atoms with van der Waals surface area (Å²) in [6, 6.07) is 4.31.